The highest BCUT2D eigenvalue weighted by Gasteiger charge is 2.34. The fourth-order valence-electron chi connectivity index (χ4n) is 1.89. The molecular formula is C12H14N4O3S. The van der Waals surface area contributed by atoms with Crippen LogP contribution >= 0.6 is 11.3 Å². The molecule has 0 atom stereocenters. The Morgan fingerprint density at radius 2 is 2.45 bits per heavy atom. The third-order valence-electron chi connectivity index (χ3n) is 3.09. The third kappa shape index (κ3) is 2.34. The van der Waals surface area contributed by atoms with Crippen LogP contribution in [0.3, 0.4) is 0 Å². The molecule has 1 aliphatic carbocycles. The Morgan fingerprint density at radius 1 is 1.65 bits per heavy atom. The van der Waals surface area contributed by atoms with Gasteiger partial charge in [0.15, 0.2) is 17.4 Å². The van der Waals surface area contributed by atoms with Gasteiger partial charge in [-0.2, -0.15) is 4.98 Å². The van der Waals surface area contributed by atoms with E-state index in [1.165, 1.54) is 24.8 Å². The molecule has 1 fully saturated rings. The molecule has 106 valence electrons. The van der Waals surface area contributed by atoms with Crippen LogP contribution < -0.4 is 15.8 Å². The number of methoxy groups -OCH3 is 1. The van der Waals surface area contributed by atoms with Crippen LogP contribution in [0.15, 0.2) is 10.9 Å². The summed E-state index contributed by atoms with van der Waals surface area (Å²) < 4.78 is 9.94. The number of nitrogens with one attached hydrogen (secondary N) is 1. The summed E-state index contributed by atoms with van der Waals surface area (Å²) in [6.45, 7) is 0.379. The summed E-state index contributed by atoms with van der Waals surface area (Å²) >= 11 is 1.31. The van der Waals surface area contributed by atoms with Crippen LogP contribution in [0.1, 0.15) is 28.3 Å². The molecule has 20 heavy (non-hydrogen) atoms. The van der Waals surface area contributed by atoms with Gasteiger partial charge in [0.05, 0.1) is 24.2 Å². The van der Waals surface area contributed by atoms with Crippen molar-refractivity contribution in [1.29, 1.82) is 0 Å². The standard InChI is InChI=1S/C12H14N4O3S/c1-18-10-8(13)11(9(17)6-2-3-6)20-12(10)14-4-7-15-5-19-16-7/h5-6,14H,2-4,13H2,1H3. The Balaban J connectivity index is 1.82. The van der Waals surface area contributed by atoms with Gasteiger partial charge in [0.25, 0.3) is 0 Å². The molecule has 2 aromatic rings. The molecule has 0 saturated heterocycles. The normalized spacial score (nSPS) is 14.2. The molecule has 0 amide bonds. The van der Waals surface area contributed by atoms with E-state index in [1.807, 2.05) is 0 Å². The highest BCUT2D eigenvalue weighted by atomic mass is 32.1. The zero-order valence-electron chi connectivity index (χ0n) is 10.9. The first-order valence-corrected chi connectivity index (χ1v) is 7.02. The summed E-state index contributed by atoms with van der Waals surface area (Å²) in [5.74, 6) is 1.26. The highest BCUT2D eigenvalue weighted by molar-refractivity contribution is 7.19. The van der Waals surface area contributed by atoms with Crippen molar-refractivity contribution in [2.75, 3.05) is 18.2 Å². The van der Waals surface area contributed by atoms with Crippen LogP contribution in [-0.2, 0) is 6.54 Å². The number of nitrogen functional groups attached to an aromatic ring is 1. The Bertz CT molecular complexity index is 619. The lowest BCUT2D eigenvalue weighted by atomic mass is 10.2. The Labute approximate surface area is 119 Å². The van der Waals surface area contributed by atoms with Gasteiger partial charge < -0.3 is 20.3 Å². The van der Waals surface area contributed by atoms with E-state index in [4.69, 9.17) is 10.5 Å². The van der Waals surface area contributed by atoms with E-state index in [0.717, 1.165) is 12.8 Å². The zero-order chi connectivity index (χ0) is 14.1. The number of Topliss-reactive ketones (excluding diaryl/α,β-unsaturated/α-hetero) is 1. The van der Waals surface area contributed by atoms with Gasteiger partial charge in [0.2, 0.25) is 6.39 Å². The monoisotopic (exact) mass is 294 g/mol. The minimum absolute atomic E-state index is 0.110. The van der Waals surface area contributed by atoms with E-state index < -0.39 is 0 Å². The largest absolute Gasteiger partial charge is 0.492 e. The van der Waals surface area contributed by atoms with Crippen molar-refractivity contribution in [1.82, 2.24) is 10.1 Å². The van der Waals surface area contributed by atoms with Gasteiger partial charge in [-0.15, -0.1) is 11.3 Å². The Morgan fingerprint density at radius 3 is 3.05 bits per heavy atom. The van der Waals surface area contributed by atoms with E-state index in [9.17, 15) is 4.79 Å². The molecule has 0 spiro atoms. The minimum atomic E-state index is 0.110. The zero-order valence-corrected chi connectivity index (χ0v) is 11.7. The van der Waals surface area contributed by atoms with Gasteiger partial charge in [0.1, 0.15) is 5.00 Å². The van der Waals surface area contributed by atoms with E-state index in [2.05, 4.69) is 20.0 Å². The molecule has 1 saturated carbocycles. The minimum Gasteiger partial charge on any atom is -0.492 e. The SMILES string of the molecule is COc1c(NCc2ncon2)sc(C(=O)C2CC2)c1N. The third-order valence-corrected chi connectivity index (χ3v) is 4.25. The number of rotatable bonds is 6. The second kappa shape index (κ2) is 5.12. The number of hydrogen-bond acceptors (Lipinski definition) is 8. The number of thiophene rings is 1. The van der Waals surface area contributed by atoms with E-state index >= 15 is 0 Å². The first-order valence-electron chi connectivity index (χ1n) is 6.20. The maximum absolute atomic E-state index is 12.1. The molecule has 0 aromatic carbocycles. The predicted octanol–water partition coefficient (Wildman–Crippen LogP) is 1.93. The fourth-order valence-corrected chi connectivity index (χ4v) is 3.00. The molecular weight excluding hydrogens is 280 g/mol. The first kappa shape index (κ1) is 12.9. The number of carbonyl (C=O) groups is 1. The van der Waals surface area contributed by atoms with Crippen LogP contribution in [0.2, 0.25) is 0 Å². The summed E-state index contributed by atoms with van der Waals surface area (Å²) in [7, 11) is 1.53. The second-order valence-corrected chi connectivity index (χ2v) is 5.57. The van der Waals surface area contributed by atoms with Crippen molar-refractivity contribution < 1.29 is 14.1 Å². The lowest BCUT2D eigenvalue weighted by Gasteiger charge is -2.04. The van der Waals surface area contributed by atoms with Gasteiger partial charge in [-0.05, 0) is 12.8 Å². The maximum atomic E-state index is 12.1. The molecule has 1 aliphatic rings. The number of hydrogen-bond donors (Lipinski definition) is 2. The predicted molar refractivity (Wildman–Crippen MR) is 74.0 cm³/mol. The fraction of sp³-hybridized carbons (Fsp3) is 0.417. The molecule has 3 N–H and O–H groups in total. The maximum Gasteiger partial charge on any atom is 0.213 e. The smallest absolute Gasteiger partial charge is 0.213 e. The van der Waals surface area contributed by atoms with E-state index in [-0.39, 0.29) is 11.7 Å². The Kier molecular flexibility index (Phi) is 3.31. The first-order chi connectivity index (χ1) is 9.70. The molecule has 0 unspecified atom stereocenters. The topological polar surface area (TPSA) is 103 Å². The number of nitrogens with zero attached hydrogens (tertiary/aromatic N) is 2. The van der Waals surface area contributed by atoms with Gasteiger partial charge in [0, 0.05) is 5.92 Å². The molecule has 3 rings (SSSR count). The van der Waals surface area contributed by atoms with Crippen molar-refractivity contribution in [3.05, 3.63) is 17.1 Å². The Hall–Kier alpha value is -2.09. The average Bonchev–Trinajstić information content (AvgIpc) is 3.07. The van der Waals surface area contributed by atoms with Crippen molar-refractivity contribution in [2.24, 2.45) is 5.92 Å². The van der Waals surface area contributed by atoms with Crippen LogP contribution in [0, 0.1) is 5.92 Å². The summed E-state index contributed by atoms with van der Waals surface area (Å²) in [5.41, 5.74) is 6.41. The quantitative estimate of drug-likeness (QED) is 0.784. The number of nitrogens with two attached hydrogens (primary N) is 1. The number of ether oxygens (including phenoxy) is 1. The highest BCUT2D eigenvalue weighted by Crippen LogP contribution is 2.46. The van der Waals surface area contributed by atoms with Crippen molar-refractivity contribution in [3.8, 4) is 5.75 Å². The van der Waals surface area contributed by atoms with Crippen LogP contribution in [-0.4, -0.2) is 23.0 Å². The van der Waals surface area contributed by atoms with E-state index in [0.29, 0.717) is 33.7 Å². The average molecular weight is 294 g/mol. The summed E-state index contributed by atoms with van der Waals surface area (Å²) in [4.78, 5) is 16.6. The summed E-state index contributed by atoms with van der Waals surface area (Å²) in [6.07, 6.45) is 3.16. The molecule has 2 heterocycles. The molecule has 0 radical (unpaired) electrons. The second-order valence-electron chi connectivity index (χ2n) is 4.55. The molecule has 7 nitrogen and oxygen atoms in total. The number of anilines is 2. The lowest BCUT2D eigenvalue weighted by molar-refractivity contribution is 0.0972. The van der Waals surface area contributed by atoms with E-state index in [1.54, 1.807) is 0 Å². The van der Waals surface area contributed by atoms with Gasteiger partial charge in [-0.25, -0.2) is 0 Å². The number of carbonyl (C=O) groups excluding carboxylic acids is 1. The van der Waals surface area contributed by atoms with Gasteiger partial charge >= 0.3 is 0 Å². The van der Waals surface area contributed by atoms with Gasteiger partial charge in [-0.3, -0.25) is 4.79 Å². The van der Waals surface area contributed by atoms with Gasteiger partial charge in [-0.1, -0.05) is 5.16 Å². The van der Waals surface area contributed by atoms with Crippen LogP contribution in [0.4, 0.5) is 10.7 Å². The van der Waals surface area contributed by atoms with Crippen LogP contribution in [0.25, 0.3) is 0 Å². The molecule has 8 heteroatoms. The number of aromatic nitrogens is 2. The lowest BCUT2D eigenvalue weighted by Crippen LogP contribution is -2.02. The van der Waals surface area contributed by atoms with Crippen LogP contribution in [0.5, 0.6) is 5.75 Å². The van der Waals surface area contributed by atoms with Crippen molar-refractivity contribution in [3.63, 3.8) is 0 Å². The number of ketones is 1. The molecule has 2 aromatic heterocycles. The summed E-state index contributed by atoms with van der Waals surface area (Å²) in [5, 5.41) is 7.53. The van der Waals surface area contributed by atoms with Crippen molar-refractivity contribution >= 4 is 27.8 Å². The van der Waals surface area contributed by atoms with Crippen molar-refractivity contribution in [2.45, 2.75) is 19.4 Å². The molecule has 0 bridgehead atoms. The molecule has 0 aliphatic heterocycles. The summed E-state index contributed by atoms with van der Waals surface area (Å²) in [6, 6.07) is 0.